The van der Waals surface area contributed by atoms with E-state index >= 15 is 0 Å². The highest BCUT2D eigenvalue weighted by Crippen LogP contribution is 2.38. The van der Waals surface area contributed by atoms with Crippen LogP contribution < -0.4 is 4.74 Å². The van der Waals surface area contributed by atoms with Crippen molar-refractivity contribution in [3.63, 3.8) is 0 Å². The van der Waals surface area contributed by atoms with Crippen molar-refractivity contribution in [2.45, 2.75) is 26.0 Å². The molecule has 2 aliphatic heterocycles. The van der Waals surface area contributed by atoms with Gasteiger partial charge in [-0.2, -0.15) is 0 Å². The molecule has 0 bridgehead atoms. The van der Waals surface area contributed by atoms with Gasteiger partial charge < -0.3 is 14.7 Å². The van der Waals surface area contributed by atoms with Crippen molar-refractivity contribution in [2.24, 2.45) is 4.99 Å². The Bertz CT molecular complexity index is 818. The van der Waals surface area contributed by atoms with Gasteiger partial charge in [-0.3, -0.25) is 4.90 Å². The fourth-order valence-corrected chi connectivity index (χ4v) is 3.78. The maximum absolute atomic E-state index is 9.69. The molecule has 2 aliphatic rings. The second-order valence-corrected chi connectivity index (χ2v) is 7.15. The smallest absolute Gasteiger partial charge is 0.153 e. The second kappa shape index (κ2) is 7.09. The number of aliphatic hydroxyl groups excluding tert-OH is 1. The fourth-order valence-electron chi connectivity index (χ4n) is 3.78. The van der Waals surface area contributed by atoms with E-state index in [1.165, 1.54) is 0 Å². The molecule has 0 amide bonds. The first-order chi connectivity index (χ1) is 12.6. The molecule has 4 rings (SSSR count). The van der Waals surface area contributed by atoms with Gasteiger partial charge in [0.25, 0.3) is 0 Å². The molecule has 2 aromatic carbocycles. The summed E-state index contributed by atoms with van der Waals surface area (Å²) in [6, 6.07) is 16.3. The first kappa shape index (κ1) is 17.1. The predicted molar refractivity (Wildman–Crippen MR) is 103 cm³/mol. The van der Waals surface area contributed by atoms with Gasteiger partial charge in [0, 0.05) is 32.2 Å². The molecule has 0 spiro atoms. The van der Waals surface area contributed by atoms with E-state index in [-0.39, 0.29) is 6.10 Å². The summed E-state index contributed by atoms with van der Waals surface area (Å²) in [5.41, 5.74) is 1.89. The lowest BCUT2D eigenvalue weighted by molar-refractivity contribution is 0.0801. The molecule has 2 heterocycles. The van der Waals surface area contributed by atoms with Crippen molar-refractivity contribution in [2.75, 3.05) is 26.2 Å². The normalized spacial score (nSPS) is 21.1. The molecule has 1 fully saturated rings. The van der Waals surface area contributed by atoms with Crippen LogP contribution in [0.15, 0.2) is 53.5 Å². The van der Waals surface area contributed by atoms with Crippen LogP contribution in [0.1, 0.15) is 19.4 Å². The Hall–Kier alpha value is -2.37. The number of piperazine rings is 1. The van der Waals surface area contributed by atoms with Gasteiger partial charge in [0.2, 0.25) is 0 Å². The van der Waals surface area contributed by atoms with E-state index in [2.05, 4.69) is 22.8 Å². The van der Waals surface area contributed by atoms with Crippen molar-refractivity contribution in [1.82, 2.24) is 9.80 Å². The number of aliphatic hydroxyl groups is 1. The van der Waals surface area contributed by atoms with Gasteiger partial charge in [-0.1, -0.05) is 24.3 Å². The molecule has 136 valence electrons. The van der Waals surface area contributed by atoms with Gasteiger partial charge in [-0.15, -0.1) is 0 Å². The Morgan fingerprint density at radius 3 is 2.62 bits per heavy atom. The first-order valence-electron chi connectivity index (χ1n) is 9.24. The Morgan fingerprint density at radius 2 is 1.85 bits per heavy atom. The minimum absolute atomic E-state index is 0.301. The number of β-amino-alcohol motifs (C(OH)–C–C–N with tert-alkyl or cyclic N) is 1. The van der Waals surface area contributed by atoms with E-state index in [1.54, 1.807) is 0 Å². The number of hydrogen-bond donors (Lipinski definition) is 1. The molecule has 5 nitrogen and oxygen atoms in total. The standard InChI is InChI=1S/C21H25N3O2/c1-15-13-23(14-16(2)25)11-12-24(15)21-17-7-3-5-9-19(17)26-20-10-6-4-8-18(20)22-21/h3-10,15-16,25H,11-14H2,1-2H3. The van der Waals surface area contributed by atoms with E-state index in [0.717, 1.165) is 48.2 Å². The largest absolute Gasteiger partial charge is 0.454 e. The van der Waals surface area contributed by atoms with Crippen LogP contribution in [0.2, 0.25) is 0 Å². The van der Waals surface area contributed by atoms with E-state index in [4.69, 9.17) is 9.73 Å². The van der Waals surface area contributed by atoms with Gasteiger partial charge in [-0.05, 0) is 38.1 Å². The number of rotatable bonds is 2. The highest BCUT2D eigenvalue weighted by molar-refractivity contribution is 6.04. The first-order valence-corrected chi connectivity index (χ1v) is 9.24. The summed E-state index contributed by atoms with van der Waals surface area (Å²) in [5.74, 6) is 2.60. The van der Waals surface area contributed by atoms with Crippen molar-refractivity contribution in [3.05, 3.63) is 54.1 Å². The molecule has 1 saturated heterocycles. The number of para-hydroxylation sites is 3. The van der Waals surface area contributed by atoms with Gasteiger partial charge in [0.1, 0.15) is 17.3 Å². The lowest BCUT2D eigenvalue weighted by Crippen LogP contribution is -2.55. The fraction of sp³-hybridized carbons (Fsp3) is 0.381. The molecule has 1 N–H and O–H groups in total. The molecule has 0 aliphatic carbocycles. The molecular weight excluding hydrogens is 326 g/mol. The Kier molecular flexibility index (Phi) is 4.66. The van der Waals surface area contributed by atoms with Gasteiger partial charge >= 0.3 is 0 Å². The van der Waals surface area contributed by atoms with Crippen molar-refractivity contribution in [3.8, 4) is 11.5 Å². The van der Waals surface area contributed by atoms with Crippen molar-refractivity contribution >= 4 is 11.5 Å². The van der Waals surface area contributed by atoms with Crippen LogP contribution in [0.3, 0.4) is 0 Å². The number of amidine groups is 1. The van der Waals surface area contributed by atoms with Gasteiger partial charge in [0.15, 0.2) is 5.75 Å². The zero-order valence-electron chi connectivity index (χ0n) is 15.3. The Labute approximate surface area is 154 Å². The average Bonchev–Trinajstić information content (AvgIpc) is 2.78. The number of ether oxygens (including phenoxy) is 1. The Balaban J connectivity index is 1.70. The summed E-state index contributed by atoms with van der Waals surface area (Å²) in [7, 11) is 0. The third-order valence-electron chi connectivity index (χ3n) is 4.95. The molecule has 2 unspecified atom stereocenters. The molecule has 2 aromatic rings. The molecule has 0 radical (unpaired) electrons. The quantitative estimate of drug-likeness (QED) is 0.902. The zero-order valence-corrected chi connectivity index (χ0v) is 15.3. The van der Waals surface area contributed by atoms with Crippen molar-refractivity contribution in [1.29, 1.82) is 0 Å². The van der Waals surface area contributed by atoms with E-state index in [0.29, 0.717) is 12.6 Å². The lowest BCUT2D eigenvalue weighted by Gasteiger charge is -2.42. The molecule has 2 atom stereocenters. The highest BCUT2D eigenvalue weighted by atomic mass is 16.5. The Morgan fingerprint density at radius 1 is 1.12 bits per heavy atom. The molecule has 0 aromatic heterocycles. The highest BCUT2D eigenvalue weighted by Gasteiger charge is 2.30. The lowest BCUT2D eigenvalue weighted by atomic mass is 10.1. The van der Waals surface area contributed by atoms with E-state index < -0.39 is 0 Å². The topological polar surface area (TPSA) is 48.3 Å². The molecular formula is C21H25N3O2. The average molecular weight is 351 g/mol. The van der Waals surface area contributed by atoms with Crippen LogP contribution in [0.25, 0.3) is 0 Å². The minimum atomic E-state index is -0.301. The molecule has 0 saturated carbocycles. The monoisotopic (exact) mass is 351 g/mol. The number of benzene rings is 2. The third kappa shape index (κ3) is 3.32. The minimum Gasteiger partial charge on any atom is -0.454 e. The summed E-state index contributed by atoms with van der Waals surface area (Å²) >= 11 is 0. The van der Waals surface area contributed by atoms with Crippen LogP contribution >= 0.6 is 0 Å². The maximum Gasteiger partial charge on any atom is 0.153 e. The number of hydrogen-bond acceptors (Lipinski definition) is 5. The van der Waals surface area contributed by atoms with Gasteiger partial charge in [0.05, 0.1) is 11.7 Å². The number of fused-ring (bicyclic) bond motifs is 2. The van der Waals surface area contributed by atoms with Crippen LogP contribution in [0, 0.1) is 0 Å². The van der Waals surface area contributed by atoms with Crippen LogP contribution in [-0.4, -0.2) is 59.1 Å². The molecule has 26 heavy (non-hydrogen) atoms. The van der Waals surface area contributed by atoms with E-state index in [9.17, 15) is 5.11 Å². The van der Waals surface area contributed by atoms with E-state index in [1.807, 2.05) is 49.4 Å². The van der Waals surface area contributed by atoms with Crippen molar-refractivity contribution < 1.29 is 9.84 Å². The number of aliphatic imine (C=N–C) groups is 1. The van der Waals surface area contributed by atoms with Crippen LogP contribution in [0.4, 0.5) is 5.69 Å². The van der Waals surface area contributed by atoms with Gasteiger partial charge in [-0.25, -0.2) is 4.99 Å². The predicted octanol–water partition coefficient (Wildman–Crippen LogP) is 3.26. The molecule has 5 heteroatoms. The number of nitrogens with zero attached hydrogens (tertiary/aromatic N) is 3. The summed E-state index contributed by atoms with van der Waals surface area (Å²) < 4.78 is 6.15. The maximum atomic E-state index is 9.69. The SMILES string of the molecule is CC(O)CN1CCN(C2=Nc3ccccc3Oc3ccccc32)C(C)C1. The third-order valence-corrected chi connectivity index (χ3v) is 4.95. The van der Waals surface area contributed by atoms with Crippen LogP contribution in [-0.2, 0) is 0 Å². The summed E-state index contributed by atoms with van der Waals surface area (Å²) in [6.45, 7) is 7.48. The van der Waals surface area contributed by atoms with Crippen LogP contribution in [0.5, 0.6) is 11.5 Å². The second-order valence-electron chi connectivity index (χ2n) is 7.15. The zero-order chi connectivity index (χ0) is 18.1. The summed E-state index contributed by atoms with van der Waals surface area (Å²) in [4.78, 5) is 9.67. The summed E-state index contributed by atoms with van der Waals surface area (Å²) in [6.07, 6.45) is -0.301. The summed E-state index contributed by atoms with van der Waals surface area (Å²) in [5, 5.41) is 9.69.